The maximum absolute atomic E-state index is 12.0. The fourth-order valence-electron chi connectivity index (χ4n) is 2.64. The Bertz CT molecular complexity index is 480. The number of aliphatic carboxylic acids is 1. The van der Waals surface area contributed by atoms with Gasteiger partial charge in [0.05, 0.1) is 0 Å². The van der Waals surface area contributed by atoms with E-state index >= 15 is 0 Å². The molecular formula is C15H18ClNO3. The van der Waals surface area contributed by atoms with Gasteiger partial charge in [0.1, 0.15) is 0 Å². The molecule has 1 aromatic rings. The molecule has 1 fully saturated rings. The smallest absolute Gasteiger partial charge is 0.330 e. The number of halogens is 1. The van der Waals surface area contributed by atoms with Crippen LogP contribution in [0.15, 0.2) is 24.3 Å². The van der Waals surface area contributed by atoms with E-state index in [0.29, 0.717) is 22.9 Å². The number of benzene rings is 1. The van der Waals surface area contributed by atoms with Crippen molar-refractivity contribution in [3.8, 4) is 0 Å². The third-order valence-electron chi connectivity index (χ3n) is 3.70. The summed E-state index contributed by atoms with van der Waals surface area (Å²) < 4.78 is 0. The van der Waals surface area contributed by atoms with Crippen molar-refractivity contribution in [2.24, 2.45) is 5.92 Å². The van der Waals surface area contributed by atoms with Gasteiger partial charge in [0.25, 0.3) is 0 Å². The molecule has 0 radical (unpaired) electrons. The predicted molar refractivity (Wildman–Crippen MR) is 76.5 cm³/mol. The molecule has 0 aliphatic heterocycles. The fraction of sp³-hybridized carbons (Fsp3) is 0.467. The first-order valence-electron chi connectivity index (χ1n) is 6.84. The first kappa shape index (κ1) is 14.9. The highest BCUT2D eigenvalue weighted by molar-refractivity contribution is 6.30. The molecule has 5 heteroatoms. The largest absolute Gasteiger partial charge is 0.479 e. The van der Waals surface area contributed by atoms with Gasteiger partial charge >= 0.3 is 5.97 Å². The highest BCUT2D eigenvalue weighted by atomic mass is 35.5. The normalized spacial score (nSPS) is 16.9. The lowest BCUT2D eigenvalue weighted by atomic mass is 10.0. The Hall–Kier alpha value is -1.55. The van der Waals surface area contributed by atoms with Crippen LogP contribution in [0.3, 0.4) is 0 Å². The summed E-state index contributed by atoms with van der Waals surface area (Å²) in [7, 11) is 0. The summed E-state index contributed by atoms with van der Waals surface area (Å²) in [5.41, 5.74) is 0.529. The number of carboxylic acid groups (broad SMARTS) is 1. The van der Waals surface area contributed by atoms with Crippen LogP contribution in [0.25, 0.3) is 0 Å². The molecule has 1 aliphatic carbocycles. The zero-order valence-electron chi connectivity index (χ0n) is 11.1. The monoisotopic (exact) mass is 295 g/mol. The van der Waals surface area contributed by atoms with Crippen molar-refractivity contribution in [1.29, 1.82) is 0 Å². The molecule has 0 heterocycles. The van der Waals surface area contributed by atoms with Gasteiger partial charge in [-0.3, -0.25) is 4.79 Å². The van der Waals surface area contributed by atoms with E-state index in [4.69, 9.17) is 11.6 Å². The van der Waals surface area contributed by atoms with E-state index in [9.17, 15) is 14.7 Å². The lowest BCUT2D eigenvalue weighted by molar-refractivity contribution is -0.142. The van der Waals surface area contributed by atoms with E-state index in [-0.39, 0.29) is 5.91 Å². The number of hydrogen-bond acceptors (Lipinski definition) is 2. The molecule has 2 N–H and O–H groups in total. The summed E-state index contributed by atoms with van der Waals surface area (Å²) in [5.74, 6) is -0.860. The van der Waals surface area contributed by atoms with Crippen LogP contribution in [0.1, 0.15) is 43.7 Å². The number of amides is 1. The Kier molecular flexibility index (Phi) is 5.01. The molecule has 0 spiro atoms. The molecule has 2 rings (SSSR count). The second-order valence-electron chi connectivity index (χ2n) is 5.24. The highest BCUT2D eigenvalue weighted by Crippen LogP contribution is 2.27. The van der Waals surface area contributed by atoms with E-state index < -0.39 is 12.0 Å². The van der Waals surface area contributed by atoms with Crippen molar-refractivity contribution in [2.75, 3.05) is 0 Å². The van der Waals surface area contributed by atoms with Crippen molar-refractivity contribution in [2.45, 2.75) is 38.1 Å². The van der Waals surface area contributed by atoms with Gasteiger partial charge < -0.3 is 10.4 Å². The van der Waals surface area contributed by atoms with Gasteiger partial charge in [0.15, 0.2) is 6.04 Å². The second kappa shape index (κ2) is 6.75. The van der Waals surface area contributed by atoms with Gasteiger partial charge in [-0.2, -0.15) is 0 Å². The molecule has 1 saturated carbocycles. The van der Waals surface area contributed by atoms with Crippen LogP contribution in [-0.4, -0.2) is 17.0 Å². The quantitative estimate of drug-likeness (QED) is 0.877. The average Bonchev–Trinajstić information content (AvgIpc) is 2.90. The summed E-state index contributed by atoms with van der Waals surface area (Å²) in [6.07, 6.45) is 4.87. The molecule has 1 aliphatic rings. The van der Waals surface area contributed by atoms with Crippen LogP contribution in [0.2, 0.25) is 5.02 Å². The van der Waals surface area contributed by atoms with Gasteiger partial charge in [-0.15, -0.1) is 0 Å². The second-order valence-corrected chi connectivity index (χ2v) is 5.68. The number of carboxylic acids is 1. The highest BCUT2D eigenvalue weighted by Gasteiger charge is 2.24. The van der Waals surface area contributed by atoms with Crippen molar-refractivity contribution in [1.82, 2.24) is 5.32 Å². The van der Waals surface area contributed by atoms with Crippen LogP contribution in [0, 0.1) is 5.92 Å². The molecular weight excluding hydrogens is 278 g/mol. The number of carbonyl (C=O) groups is 2. The minimum atomic E-state index is -1.06. The molecule has 0 saturated heterocycles. The summed E-state index contributed by atoms with van der Waals surface area (Å²) >= 11 is 5.78. The summed E-state index contributed by atoms with van der Waals surface area (Å²) in [6.45, 7) is 0. The van der Waals surface area contributed by atoms with Crippen molar-refractivity contribution >= 4 is 23.5 Å². The molecule has 1 aromatic carbocycles. The van der Waals surface area contributed by atoms with Crippen LogP contribution >= 0.6 is 11.6 Å². The lowest BCUT2D eigenvalue weighted by Crippen LogP contribution is -2.34. The van der Waals surface area contributed by atoms with Crippen molar-refractivity contribution < 1.29 is 14.7 Å². The molecule has 0 bridgehead atoms. The summed E-state index contributed by atoms with van der Waals surface area (Å²) in [4.78, 5) is 23.3. The van der Waals surface area contributed by atoms with Crippen LogP contribution < -0.4 is 5.32 Å². The first-order chi connectivity index (χ1) is 9.56. The zero-order valence-corrected chi connectivity index (χ0v) is 11.9. The topological polar surface area (TPSA) is 66.4 Å². The first-order valence-corrected chi connectivity index (χ1v) is 7.21. The number of carbonyl (C=O) groups excluding carboxylic acids is 1. The summed E-state index contributed by atoms with van der Waals surface area (Å²) in [5, 5.41) is 12.4. The average molecular weight is 296 g/mol. The van der Waals surface area contributed by atoms with Gasteiger partial charge in [0, 0.05) is 11.4 Å². The maximum Gasteiger partial charge on any atom is 0.330 e. The number of rotatable bonds is 5. The van der Waals surface area contributed by atoms with Crippen LogP contribution in [0.4, 0.5) is 0 Å². The minimum Gasteiger partial charge on any atom is -0.479 e. The molecule has 1 atom stereocenters. The van der Waals surface area contributed by atoms with E-state index in [2.05, 4.69) is 5.32 Å². The molecule has 1 amide bonds. The van der Waals surface area contributed by atoms with Gasteiger partial charge in [-0.05, 0) is 36.5 Å². The lowest BCUT2D eigenvalue weighted by Gasteiger charge is -2.16. The van der Waals surface area contributed by atoms with Gasteiger partial charge in [-0.25, -0.2) is 4.79 Å². The number of hydrogen-bond donors (Lipinski definition) is 2. The van der Waals surface area contributed by atoms with E-state index in [1.165, 1.54) is 0 Å². The summed E-state index contributed by atoms with van der Waals surface area (Å²) in [6, 6.07) is 5.47. The van der Waals surface area contributed by atoms with Gasteiger partial charge in [0.2, 0.25) is 5.91 Å². The standard InChI is InChI=1S/C15H18ClNO3/c16-12-7-5-11(6-8-12)14(15(19)20)17-13(18)9-10-3-1-2-4-10/h5-8,10,14H,1-4,9H2,(H,17,18)(H,19,20). The molecule has 4 nitrogen and oxygen atoms in total. The third kappa shape index (κ3) is 3.97. The van der Waals surface area contributed by atoms with E-state index in [1.54, 1.807) is 24.3 Å². The molecule has 20 heavy (non-hydrogen) atoms. The maximum atomic E-state index is 12.0. The molecule has 0 aromatic heterocycles. The Balaban J connectivity index is 1.99. The molecule has 108 valence electrons. The SMILES string of the molecule is O=C(CC1CCCC1)NC(C(=O)O)c1ccc(Cl)cc1. The van der Waals surface area contributed by atoms with Crippen molar-refractivity contribution in [3.05, 3.63) is 34.9 Å². The Labute approximate surface area is 123 Å². The van der Waals surface area contributed by atoms with Crippen LogP contribution in [-0.2, 0) is 9.59 Å². The van der Waals surface area contributed by atoms with Crippen molar-refractivity contribution in [3.63, 3.8) is 0 Å². The van der Waals surface area contributed by atoms with E-state index in [0.717, 1.165) is 25.7 Å². The zero-order chi connectivity index (χ0) is 14.5. The third-order valence-corrected chi connectivity index (χ3v) is 3.96. The Morgan fingerprint density at radius 1 is 1.25 bits per heavy atom. The molecule has 1 unspecified atom stereocenters. The Morgan fingerprint density at radius 3 is 2.40 bits per heavy atom. The minimum absolute atomic E-state index is 0.195. The Morgan fingerprint density at radius 2 is 1.85 bits per heavy atom. The fourth-order valence-corrected chi connectivity index (χ4v) is 2.77. The van der Waals surface area contributed by atoms with E-state index in [1.807, 2.05) is 0 Å². The number of nitrogens with one attached hydrogen (secondary N) is 1. The van der Waals surface area contributed by atoms with Crippen LogP contribution in [0.5, 0.6) is 0 Å². The van der Waals surface area contributed by atoms with Gasteiger partial charge in [-0.1, -0.05) is 36.6 Å². The predicted octanol–water partition coefficient (Wildman–Crippen LogP) is 3.16.